The van der Waals surface area contributed by atoms with E-state index in [-0.39, 0.29) is 6.61 Å². The first kappa shape index (κ1) is 8.73. The van der Waals surface area contributed by atoms with Gasteiger partial charge in [0, 0.05) is 6.07 Å². The van der Waals surface area contributed by atoms with Crippen LogP contribution in [0.5, 0.6) is 5.88 Å². The van der Waals surface area contributed by atoms with E-state index in [4.69, 9.17) is 10.6 Å². The van der Waals surface area contributed by atoms with Gasteiger partial charge in [0.15, 0.2) is 0 Å². The molecule has 0 radical (unpaired) electrons. The highest BCUT2D eigenvalue weighted by atomic mass is 19.1. The Bertz CT molecular complexity index is 227. The van der Waals surface area contributed by atoms with Crippen molar-refractivity contribution in [2.45, 2.75) is 0 Å². The smallest absolute Gasteiger partial charge is 0.213 e. The molecule has 4 nitrogen and oxygen atoms in total. The fraction of sp³-hybridized carbons (Fsp3) is 0.286. The predicted molar refractivity (Wildman–Crippen MR) is 43.5 cm³/mol. The van der Waals surface area contributed by atoms with Gasteiger partial charge in [-0.3, -0.25) is 5.84 Å². The number of nitrogens with one attached hydrogen (secondary N) is 1. The summed E-state index contributed by atoms with van der Waals surface area (Å²) in [6, 6.07) is 3.31. The van der Waals surface area contributed by atoms with Gasteiger partial charge in [0.2, 0.25) is 5.88 Å². The maximum absolute atomic E-state index is 11.6. The third-order valence-electron chi connectivity index (χ3n) is 1.23. The van der Waals surface area contributed by atoms with Crippen LogP contribution in [-0.4, -0.2) is 18.3 Å². The molecule has 0 fully saturated rings. The van der Waals surface area contributed by atoms with Crippen LogP contribution in [0.2, 0.25) is 0 Å². The van der Waals surface area contributed by atoms with Crippen LogP contribution in [0.4, 0.5) is 10.1 Å². The van der Waals surface area contributed by atoms with Crippen LogP contribution in [0.15, 0.2) is 18.3 Å². The van der Waals surface area contributed by atoms with Crippen LogP contribution in [0.25, 0.3) is 0 Å². The molecule has 0 amide bonds. The summed E-state index contributed by atoms with van der Waals surface area (Å²) < 4.78 is 16.5. The van der Waals surface area contributed by atoms with E-state index in [2.05, 4.69) is 10.4 Å². The van der Waals surface area contributed by atoms with Crippen molar-refractivity contribution in [3.63, 3.8) is 0 Å². The number of nitrogens with zero attached hydrogens (tertiary/aromatic N) is 1. The van der Waals surface area contributed by atoms with E-state index in [1.807, 2.05) is 0 Å². The number of hydrazine groups is 1. The monoisotopic (exact) mass is 171 g/mol. The average Bonchev–Trinajstić information content (AvgIpc) is 2.15. The van der Waals surface area contributed by atoms with Gasteiger partial charge in [0.1, 0.15) is 13.3 Å². The molecule has 1 heterocycles. The molecule has 5 heteroatoms. The maximum atomic E-state index is 11.6. The molecular weight excluding hydrogens is 161 g/mol. The van der Waals surface area contributed by atoms with Crippen LogP contribution in [0.1, 0.15) is 0 Å². The molecule has 0 bridgehead atoms. The number of hydrogen-bond donors (Lipinski definition) is 2. The van der Waals surface area contributed by atoms with Crippen molar-refractivity contribution in [2.75, 3.05) is 18.7 Å². The lowest BCUT2D eigenvalue weighted by molar-refractivity contribution is 0.264. The molecule has 1 aromatic heterocycles. The number of alkyl halides is 1. The minimum Gasteiger partial charge on any atom is -0.475 e. The molecule has 0 saturated carbocycles. The first-order valence-electron chi connectivity index (χ1n) is 3.48. The molecule has 0 aliphatic heterocycles. The van der Waals surface area contributed by atoms with Gasteiger partial charge in [-0.15, -0.1) is 0 Å². The zero-order valence-corrected chi connectivity index (χ0v) is 6.46. The number of ether oxygens (including phenoxy) is 1. The zero-order valence-electron chi connectivity index (χ0n) is 6.46. The van der Waals surface area contributed by atoms with Gasteiger partial charge in [-0.1, -0.05) is 0 Å². The summed E-state index contributed by atoms with van der Waals surface area (Å²) in [4.78, 5) is 3.86. The molecular formula is C7H10FN3O. The van der Waals surface area contributed by atoms with Crippen LogP contribution in [0, 0.1) is 0 Å². The standard InChI is InChI=1S/C7H10FN3O/c8-3-4-12-7-2-1-6(11-9)5-10-7/h1-2,5,11H,3-4,9H2. The quantitative estimate of drug-likeness (QED) is 0.517. The lowest BCUT2D eigenvalue weighted by Gasteiger charge is -2.02. The largest absolute Gasteiger partial charge is 0.475 e. The Balaban J connectivity index is 2.53. The lowest BCUT2D eigenvalue weighted by atomic mass is 10.4. The second kappa shape index (κ2) is 4.50. The van der Waals surface area contributed by atoms with Crippen molar-refractivity contribution in [1.29, 1.82) is 0 Å². The SMILES string of the molecule is NNc1ccc(OCCF)nc1. The second-order valence-corrected chi connectivity index (χ2v) is 2.07. The Morgan fingerprint density at radius 3 is 2.92 bits per heavy atom. The average molecular weight is 171 g/mol. The summed E-state index contributed by atoms with van der Waals surface area (Å²) in [5.41, 5.74) is 3.10. The van der Waals surface area contributed by atoms with Crippen LogP contribution < -0.4 is 16.0 Å². The van der Waals surface area contributed by atoms with Gasteiger partial charge in [0.05, 0.1) is 11.9 Å². The Labute approximate surface area is 69.5 Å². The number of anilines is 1. The number of hydrogen-bond acceptors (Lipinski definition) is 4. The van der Waals surface area contributed by atoms with Crippen LogP contribution in [0.3, 0.4) is 0 Å². The van der Waals surface area contributed by atoms with Gasteiger partial charge >= 0.3 is 0 Å². The van der Waals surface area contributed by atoms with E-state index in [0.29, 0.717) is 11.6 Å². The molecule has 0 unspecified atom stereocenters. The molecule has 0 aromatic carbocycles. The number of nitrogens with two attached hydrogens (primary N) is 1. The van der Waals surface area contributed by atoms with Gasteiger partial charge in [-0.2, -0.15) is 0 Å². The number of aromatic nitrogens is 1. The van der Waals surface area contributed by atoms with E-state index in [1.54, 1.807) is 12.1 Å². The predicted octanol–water partition coefficient (Wildman–Crippen LogP) is 0.716. The fourth-order valence-electron chi connectivity index (χ4n) is 0.694. The summed E-state index contributed by atoms with van der Waals surface area (Å²) in [5, 5.41) is 0. The minimum absolute atomic E-state index is 0.0302. The van der Waals surface area contributed by atoms with E-state index in [1.165, 1.54) is 6.20 Å². The van der Waals surface area contributed by atoms with Crippen molar-refractivity contribution >= 4 is 5.69 Å². The minimum atomic E-state index is -0.515. The first-order chi connectivity index (χ1) is 5.86. The Morgan fingerprint density at radius 2 is 2.42 bits per heavy atom. The van der Waals surface area contributed by atoms with E-state index in [0.717, 1.165) is 0 Å². The first-order valence-corrected chi connectivity index (χ1v) is 3.48. The number of rotatable bonds is 4. The molecule has 0 saturated heterocycles. The number of halogens is 1. The Morgan fingerprint density at radius 1 is 1.58 bits per heavy atom. The van der Waals surface area contributed by atoms with Crippen LogP contribution >= 0.6 is 0 Å². The number of nitrogen functional groups attached to an aromatic ring is 1. The van der Waals surface area contributed by atoms with Gasteiger partial charge in [-0.25, -0.2) is 9.37 Å². The van der Waals surface area contributed by atoms with Crippen molar-refractivity contribution in [3.05, 3.63) is 18.3 Å². The van der Waals surface area contributed by atoms with Gasteiger partial charge in [0.25, 0.3) is 0 Å². The third kappa shape index (κ3) is 2.35. The Kier molecular flexibility index (Phi) is 3.28. The molecule has 3 N–H and O–H groups in total. The van der Waals surface area contributed by atoms with Gasteiger partial charge < -0.3 is 10.2 Å². The molecule has 0 aliphatic rings. The summed E-state index contributed by atoms with van der Waals surface area (Å²) in [5.74, 6) is 5.50. The molecule has 0 spiro atoms. The van der Waals surface area contributed by atoms with E-state index >= 15 is 0 Å². The fourth-order valence-corrected chi connectivity index (χ4v) is 0.694. The van der Waals surface area contributed by atoms with Gasteiger partial charge in [-0.05, 0) is 6.07 Å². The molecule has 1 rings (SSSR count). The third-order valence-corrected chi connectivity index (χ3v) is 1.23. The molecule has 0 aliphatic carbocycles. The highest BCUT2D eigenvalue weighted by molar-refractivity contribution is 5.40. The lowest BCUT2D eigenvalue weighted by Crippen LogP contribution is -2.07. The van der Waals surface area contributed by atoms with Crippen molar-refractivity contribution < 1.29 is 9.13 Å². The van der Waals surface area contributed by atoms with E-state index < -0.39 is 6.67 Å². The molecule has 12 heavy (non-hydrogen) atoms. The maximum Gasteiger partial charge on any atom is 0.213 e. The molecule has 66 valence electrons. The normalized spacial score (nSPS) is 9.50. The summed E-state index contributed by atoms with van der Waals surface area (Å²) in [6.45, 7) is -0.485. The van der Waals surface area contributed by atoms with Crippen molar-refractivity contribution in [2.24, 2.45) is 5.84 Å². The zero-order chi connectivity index (χ0) is 8.81. The summed E-state index contributed by atoms with van der Waals surface area (Å²) in [6.07, 6.45) is 1.51. The van der Waals surface area contributed by atoms with E-state index in [9.17, 15) is 4.39 Å². The topological polar surface area (TPSA) is 60.2 Å². The highest BCUT2D eigenvalue weighted by Crippen LogP contribution is 2.09. The Hall–Kier alpha value is -1.36. The van der Waals surface area contributed by atoms with Crippen molar-refractivity contribution in [3.8, 4) is 5.88 Å². The second-order valence-electron chi connectivity index (χ2n) is 2.07. The highest BCUT2D eigenvalue weighted by Gasteiger charge is 1.94. The van der Waals surface area contributed by atoms with Crippen LogP contribution in [-0.2, 0) is 0 Å². The summed E-state index contributed by atoms with van der Waals surface area (Å²) in [7, 11) is 0. The molecule has 1 aromatic rings. The van der Waals surface area contributed by atoms with Crippen molar-refractivity contribution in [1.82, 2.24) is 4.98 Å². The molecule has 0 atom stereocenters. The number of pyridine rings is 1. The summed E-state index contributed by atoms with van der Waals surface area (Å²) >= 11 is 0.